The van der Waals surface area contributed by atoms with E-state index in [1.165, 1.54) is 4.90 Å². The molecule has 0 aromatic rings. The maximum absolute atomic E-state index is 13.4. The first kappa shape index (κ1) is 37.7. The monoisotopic (exact) mass is 625 g/mol. The molecule has 0 aromatic carbocycles. The van der Waals surface area contributed by atoms with Crippen LogP contribution in [0.5, 0.6) is 0 Å². The second-order valence-corrected chi connectivity index (χ2v) is 11.0. The molecule has 2 fully saturated rings. The summed E-state index contributed by atoms with van der Waals surface area (Å²) in [6.07, 6.45) is -13.9. The minimum Gasteiger partial charge on any atom is -0.464 e. The first-order chi connectivity index (χ1) is 20.4. The summed E-state index contributed by atoms with van der Waals surface area (Å²) in [6.45, 7) is 10.4. The standard InChI is InChI=1S/C28H51NO14/c1-7-29(11-9-10-12-30)25(35)23-22(40-15(3)4)18(32)19(33)27(42-23)39-14-13-38-21-17(31)20(34)28(41-16(5)6)43-24(21)26(36)37-8-2/h15-24,27-28,30-34H,7-14H2,1-6H3/t17-,18-,19+,20+,21+,22+,23?,24?,27-,28-/m1/s1. The van der Waals surface area contributed by atoms with Crippen LogP contribution in [-0.2, 0) is 42.7 Å². The molecule has 0 bridgehead atoms. The van der Waals surface area contributed by atoms with Crippen LogP contribution in [0.15, 0.2) is 0 Å². The second kappa shape index (κ2) is 18.5. The number of hydrogen-bond acceptors (Lipinski definition) is 14. The van der Waals surface area contributed by atoms with Gasteiger partial charge in [-0.2, -0.15) is 0 Å². The first-order valence-corrected chi connectivity index (χ1v) is 15.0. The van der Waals surface area contributed by atoms with Crippen LogP contribution in [0.3, 0.4) is 0 Å². The highest BCUT2D eigenvalue weighted by Crippen LogP contribution is 2.28. The molecule has 15 heteroatoms. The van der Waals surface area contributed by atoms with Crippen molar-refractivity contribution in [3.63, 3.8) is 0 Å². The Kier molecular flexibility index (Phi) is 16.2. The lowest BCUT2D eigenvalue weighted by Gasteiger charge is -2.43. The summed E-state index contributed by atoms with van der Waals surface area (Å²) in [5.74, 6) is -1.28. The Bertz CT molecular complexity index is 831. The average molecular weight is 626 g/mol. The van der Waals surface area contributed by atoms with Crippen molar-refractivity contribution in [2.45, 2.75) is 128 Å². The molecule has 0 saturated carbocycles. The van der Waals surface area contributed by atoms with E-state index in [-0.39, 0.29) is 32.5 Å². The van der Waals surface area contributed by atoms with Crippen molar-refractivity contribution in [1.29, 1.82) is 0 Å². The largest absolute Gasteiger partial charge is 0.464 e. The summed E-state index contributed by atoms with van der Waals surface area (Å²) in [5.41, 5.74) is 0. The van der Waals surface area contributed by atoms with E-state index in [0.717, 1.165) is 0 Å². The van der Waals surface area contributed by atoms with Gasteiger partial charge in [-0.1, -0.05) is 0 Å². The van der Waals surface area contributed by atoms with Crippen molar-refractivity contribution in [3.8, 4) is 0 Å². The Morgan fingerprint density at radius 1 is 0.767 bits per heavy atom. The van der Waals surface area contributed by atoms with Gasteiger partial charge >= 0.3 is 5.97 Å². The van der Waals surface area contributed by atoms with E-state index >= 15 is 0 Å². The molecule has 2 rings (SSSR count). The maximum Gasteiger partial charge on any atom is 0.338 e. The normalized spacial score (nSPS) is 33.1. The fourth-order valence-electron chi connectivity index (χ4n) is 4.82. The molecule has 2 aliphatic rings. The number of esters is 1. The van der Waals surface area contributed by atoms with Gasteiger partial charge in [0.2, 0.25) is 0 Å². The summed E-state index contributed by atoms with van der Waals surface area (Å²) < 4.78 is 39.0. The van der Waals surface area contributed by atoms with Gasteiger partial charge in [0.25, 0.3) is 5.91 Å². The molecule has 0 spiro atoms. The van der Waals surface area contributed by atoms with E-state index in [1.54, 1.807) is 41.5 Å². The molecule has 5 N–H and O–H groups in total. The minimum atomic E-state index is -1.58. The lowest BCUT2D eigenvalue weighted by atomic mass is 9.97. The third kappa shape index (κ3) is 10.5. The molecule has 43 heavy (non-hydrogen) atoms. The van der Waals surface area contributed by atoms with Gasteiger partial charge in [-0.15, -0.1) is 0 Å². The minimum absolute atomic E-state index is 0.0105. The van der Waals surface area contributed by atoms with Crippen molar-refractivity contribution in [2.24, 2.45) is 0 Å². The van der Waals surface area contributed by atoms with Crippen molar-refractivity contribution in [1.82, 2.24) is 4.90 Å². The van der Waals surface area contributed by atoms with Gasteiger partial charge in [-0.25, -0.2) is 4.79 Å². The van der Waals surface area contributed by atoms with Crippen LogP contribution < -0.4 is 0 Å². The maximum atomic E-state index is 13.4. The lowest BCUT2D eigenvalue weighted by molar-refractivity contribution is -0.316. The van der Waals surface area contributed by atoms with E-state index in [2.05, 4.69) is 0 Å². The molecule has 2 aliphatic heterocycles. The SMILES string of the molecule is CCOC(=O)C1O[C@@H](OC(C)C)[C@@H](O)[C@@H](O)[C@@H]1OCCO[C@@H]1OC(C(=O)N(CC)CCCCO)[C@@H](OC(C)C)[C@H](O)[C@@H]1O. The Morgan fingerprint density at radius 2 is 1.35 bits per heavy atom. The van der Waals surface area contributed by atoms with E-state index in [0.29, 0.717) is 25.9 Å². The van der Waals surface area contributed by atoms with Gasteiger partial charge in [-0.05, 0) is 54.4 Å². The van der Waals surface area contributed by atoms with Crippen molar-refractivity contribution < 1.29 is 68.3 Å². The van der Waals surface area contributed by atoms with Crippen LogP contribution in [0.25, 0.3) is 0 Å². The quantitative estimate of drug-likeness (QED) is 0.0941. The van der Waals surface area contributed by atoms with Crippen LogP contribution >= 0.6 is 0 Å². The number of amides is 1. The highest BCUT2D eigenvalue weighted by molar-refractivity contribution is 5.82. The van der Waals surface area contributed by atoms with Crippen LogP contribution in [0.4, 0.5) is 0 Å². The number of nitrogens with zero attached hydrogens (tertiary/aromatic N) is 1. The zero-order valence-electron chi connectivity index (χ0n) is 25.9. The first-order valence-electron chi connectivity index (χ1n) is 15.0. The van der Waals surface area contributed by atoms with Gasteiger partial charge in [0.1, 0.15) is 36.6 Å². The number of unbranched alkanes of at least 4 members (excludes halogenated alkanes) is 1. The van der Waals surface area contributed by atoms with Gasteiger partial charge in [0, 0.05) is 19.7 Å². The third-order valence-electron chi connectivity index (χ3n) is 6.89. The summed E-state index contributed by atoms with van der Waals surface area (Å²) in [7, 11) is 0. The molecular formula is C28H51NO14. The van der Waals surface area contributed by atoms with E-state index in [4.69, 9.17) is 38.3 Å². The molecule has 1 amide bonds. The van der Waals surface area contributed by atoms with Gasteiger partial charge < -0.3 is 63.6 Å². The number of ether oxygens (including phenoxy) is 7. The number of rotatable bonds is 17. The van der Waals surface area contributed by atoms with E-state index in [1.807, 2.05) is 0 Å². The Hall–Kier alpha value is -1.50. The molecule has 15 nitrogen and oxygen atoms in total. The Balaban J connectivity index is 2.10. The number of likely N-dealkylation sites (N-methyl/N-ethyl adjacent to an activating group) is 1. The van der Waals surface area contributed by atoms with E-state index in [9.17, 15) is 30.0 Å². The molecule has 252 valence electrons. The second-order valence-electron chi connectivity index (χ2n) is 11.0. The fourth-order valence-corrected chi connectivity index (χ4v) is 4.82. The smallest absolute Gasteiger partial charge is 0.338 e. The van der Waals surface area contributed by atoms with Crippen LogP contribution in [-0.4, -0.2) is 155 Å². The third-order valence-corrected chi connectivity index (χ3v) is 6.89. The highest BCUT2D eigenvalue weighted by atomic mass is 16.7. The van der Waals surface area contributed by atoms with Crippen LogP contribution in [0.2, 0.25) is 0 Å². The average Bonchev–Trinajstić information content (AvgIpc) is 2.95. The molecule has 0 aliphatic carbocycles. The van der Waals surface area contributed by atoms with Crippen molar-refractivity contribution >= 4 is 11.9 Å². The summed E-state index contributed by atoms with van der Waals surface area (Å²) in [5, 5.41) is 52.0. The predicted octanol–water partition coefficient (Wildman–Crippen LogP) is -1.32. The van der Waals surface area contributed by atoms with Gasteiger partial charge in [-0.3, -0.25) is 4.79 Å². The Labute approximate surface area is 252 Å². The molecule has 2 unspecified atom stereocenters. The van der Waals surface area contributed by atoms with Gasteiger partial charge in [0.05, 0.1) is 32.0 Å². The zero-order valence-corrected chi connectivity index (χ0v) is 25.9. The highest BCUT2D eigenvalue weighted by Gasteiger charge is 2.51. The molecule has 2 saturated heterocycles. The topological polar surface area (TPSA) is 203 Å². The van der Waals surface area contributed by atoms with Crippen LogP contribution in [0.1, 0.15) is 54.4 Å². The van der Waals surface area contributed by atoms with Crippen LogP contribution in [0, 0.1) is 0 Å². The fraction of sp³-hybridized carbons (Fsp3) is 0.929. The van der Waals surface area contributed by atoms with Crippen molar-refractivity contribution in [3.05, 3.63) is 0 Å². The van der Waals surface area contributed by atoms with Crippen molar-refractivity contribution in [2.75, 3.05) is 39.5 Å². The Morgan fingerprint density at radius 3 is 1.93 bits per heavy atom. The summed E-state index contributed by atoms with van der Waals surface area (Å²) in [6, 6.07) is 0. The zero-order chi connectivity index (χ0) is 32.3. The number of carbonyl (C=O) groups excluding carboxylic acids is 2. The lowest BCUT2D eigenvalue weighted by Crippen LogP contribution is -2.63. The van der Waals surface area contributed by atoms with Gasteiger partial charge in [0.15, 0.2) is 24.8 Å². The summed E-state index contributed by atoms with van der Waals surface area (Å²) in [4.78, 5) is 27.5. The number of hydrogen-bond donors (Lipinski definition) is 5. The summed E-state index contributed by atoms with van der Waals surface area (Å²) >= 11 is 0. The van der Waals surface area contributed by atoms with E-state index < -0.39 is 79.4 Å². The molecular weight excluding hydrogens is 574 g/mol. The predicted molar refractivity (Wildman–Crippen MR) is 148 cm³/mol. The number of aliphatic hydroxyl groups is 5. The molecule has 0 aromatic heterocycles. The number of carbonyl (C=O) groups is 2. The number of aliphatic hydroxyl groups excluding tert-OH is 5. The molecule has 10 atom stereocenters. The molecule has 0 radical (unpaired) electrons. The molecule has 2 heterocycles.